The Morgan fingerprint density at radius 1 is 1.24 bits per heavy atom. The predicted octanol–water partition coefficient (Wildman–Crippen LogP) is 2.07. The number of ether oxygens (including phenoxy) is 1. The van der Waals surface area contributed by atoms with Crippen LogP contribution in [0.5, 0.6) is 0 Å². The number of rotatable bonds is 5. The highest BCUT2D eigenvalue weighted by atomic mass is 35.5. The Labute approximate surface area is 126 Å². The van der Waals surface area contributed by atoms with Crippen molar-refractivity contribution in [1.29, 1.82) is 0 Å². The summed E-state index contributed by atoms with van der Waals surface area (Å²) in [6.45, 7) is 0.750. The number of hydrogen-bond donors (Lipinski definition) is 2. The average molecular weight is 307 g/mol. The fraction of sp³-hybridized carbons (Fsp3) is 0.200. The third-order valence-corrected chi connectivity index (χ3v) is 3.15. The lowest BCUT2D eigenvalue weighted by Crippen LogP contribution is -2.31. The Morgan fingerprint density at radius 2 is 1.95 bits per heavy atom. The summed E-state index contributed by atoms with van der Waals surface area (Å²) in [7, 11) is 1.54. The zero-order valence-corrected chi connectivity index (χ0v) is 12.2. The fourth-order valence-corrected chi connectivity index (χ4v) is 1.94. The number of methoxy groups -OCH3 is 1. The van der Waals surface area contributed by atoms with Crippen molar-refractivity contribution in [3.63, 3.8) is 0 Å². The van der Waals surface area contributed by atoms with Gasteiger partial charge in [-0.25, -0.2) is 0 Å². The van der Waals surface area contributed by atoms with E-state index in [0.717, 1.165) is 5.56 Å². The first-order valence-electron chi connectivity index (χ1n) is 6.38. The average Bonchev–Trinajstić information content (AvgIpc) is 2.48. The van der Waals surface area contributed by atoms with E-state index in [1.807, 2.05) is 0 Å². The molecule has 5 nitrogen and oxygen atoms in total. The van der Waals surface area contributed by atoms with Crippen LogP contribution in [0, 0.1) is 0 Å². The number of halogens is 1. The molecule has 1 aromatic heterocycles. The van der Waals surface area contributed by atoms with Crippen molar-refractivity contribution in [2.24, 2.45) is 0 Å². The molecule has 0 aliphatic heterocycles. The molecule has 1 amide bonds. The number of pyridine rings is 1. The van der Waals surface area contributed by atoms with Crippen LogP contribution in [0.4, 0.5) is 0 Å². The quantitative estimate of drug-likeness (QED) is 0.831. The maximum atomic E-state index is 12.0. The monoisotopic (exact) mass is 306 g/mol. The summed E-state index contributed by atoms with van der Waals surface area (Å²) in [5, 5.41) is 3.23. The number of amides is 1. The van der Waals surface area contributed by atoms with E-state index in [1.54, 1.807) is 37.4 Å². The van der Waals surface area contributed by atoms with Crippen LogP contribution in [-0.4, -0.2) is 31.2 Å². The first-order valence-corrected chi connectivity index (χ1v) is 6.76. The molecule has 21 heavy (non-hydrogen) atoms. The van der Waals surface area contributed by atoms with Crippen molar-refractivity contribution in [1.82, 2.24) is 10.3 Å². The molecule has 1 heterocycles. The van der Waals surface area contributed by atoms with Gasteiger partial charge >= 0.3 is 0 Å². The van der Waals surface area contributed by atoms with Gasteiger partial charge < -0.3 is 15.0 Å². The number of nitrogens with one attached hydrogen (secondary N) is 2. The molecule has 0 bridgehead atoms. The molecule has 110 valence electrons. The minimum absolute atomic E-state index is 0.0730. The highest BCUT2D eigenvalue weighted by Crippen LogP contribution is 2.18. The molecule has 6 heteroatoms. The van der Waals surface area contributed by atoms with Crippen LogP contribution in [0.2, 0.25) is 5.02 Å². The van der Waals surface area contributed by atoms with Crippen LogP contribution < -0.4 is 10.9 Å². The van der Waals surface area contributed by atoms with Gasteiger partial charge in [-0.05, 0) is 29.8 Å². The van der Waals surface area contributed by atoms with Crippen LogP contribution >= 0.6 is 11.6 Å². The summed E-state index contributed by atoms with van der Waals surface area (Å²) in [5.41, 5.74) is 1.09. The van der Waals surface area contributed by atoms with Crippen LogP contribution in [-0.2, 0) is 4.74 Å². The van der Waals surface area contributed by atoms with Crippen molar-refractivity contribution < 1.29 is 9.53 Å². The first kappa shape index (κ1) is 15.3. The minimum atomic E-state index is -0.433. The van der Waals surface area contributed by atoms with E-state index < -0.39 is 11.5 Å². The molecule has 0 saturated carbocycles. The summed E-state index contributed by atoms with van der Waals surface area (Å²) >= 11 is 5.82. The lowest BCUT2D eigenvalue weighted by atomic mass is 10.1. The molecule has 2 rings (SSSR count). The van der Waals surface area contributed by atoms with E-state index in [1.165, 1.54) is 6.07 Å². The SMILES string of the molecule is COCCNC(=O)c1ccc(-c2ccc(Cl)cc2)[nH]c1=O. The number of carbonyl (C=O) groups excluding carboxylic acids is 1. The maximum Gasteiger partial charge on any atom is 0.261 e. The normalized spacial score (nSPS) is 10.4. The molecule has 0 aliphatic rings. The van der Waals surface area contributed by atoms with E-state index >= 15 is 0 Å². The first-order chi connectivity index (χ1) is 10.1. The van der Waals surface area contributed by atoms with Gasteiger partial charge in [0, 0.05) is 24.4 Å². The summed E-state index contributed by atoms with van der Waals surface area (Å²) in [4.78, 5) is 26.5. The highest BCUT2D eigenvalue weighted by Gasteiger charge is 2.10. The van der Waals surface area contributed by atoms with E-state index in [4.69, 9.17) is 16.3 Å². The van der Waals surface area contributed by atoms with E-state index in [-0.39, 0.29) is 5.56 Å². The molecule has 2 aromatic rings. The third kappa shape index (κ3) is 3.93. The van der Waals surface area contributed by atoms with Gasteiger partial charge in [-0.15, -0.1) is 0 Å². The topological polar surface area (TPSA) is 71.2 Å². The molecule has 0 radical (unpaired) electrons. The number of carbonyl (C=O) groups is 1. The molecule has 2 N–H and O–H groups in total. The lowest BCUT2D eigenvalue weighted by Gasteiger charge is -2.06. The predicted molar refractivity (Wildman–Crippen MR) is 81.7 cm³/mol. The van der Waals surface area contributed by atoms with E-state index in [0.29, 0.717) is 23.9 Å². The van der Waals surface area contributed by atoms with Gasteiger partial charge in [-0.3, -0.25) is 9.59 Å². The third-order valence-electron chi connectivity index (χ3n) is 2.90. The van der Waals surface area contributed by atoms with E-state index in [9.17, 15) is 9.59 Å². The summed E-state index contributed by atoms with van der Waals surface area (Å²) < 4.78 is 4.83. The van der Waals surface area contributed by atoms with Gasteiger partial charge in [0.25, 0.3) is 11.5 Å². The fourth-order valence-electron chi connectivity index (χ4n) is 1.81. The van der Waals surface area contributed by atoms with Gasteiger partial charge in [0.05, 0.1) is 6.61 Å². The Balaban J connectivity index is 2.19. The summed E-state index contributed by atoms with van der Waals surface area (Å²) in [6, 6.07) is 10.3. The van der Waals surface area contributed by atoms with Crippen molar-refractivity contribution in [3.05, 3.63) is 57.3 Å². The Hall–Kier alpha value is -2.11. The maximum absolute atomic E-state index is 12.0. The van der Waals surface area contributed by atoms with Gasteiger partial charge in [-0.2, -0.15) is 0 Å². The Kier molecular flexibility index (Phi) is 5.14. The Bertz CT molecular complexity index is 680. The van der Waals surface area contributed by atoms with Gasteiger partial charge in [0.2, 0.25) is 0 Å². The van der Waals surface area contributed by atoms with Gasteiger partial charge in [-0.1, -0.05) is 23.7 Å². The smallest absolute Gasteiger partial charge is 0.261 e. The Morgan fingerprint density at radius 3 is 2.57 bits per heavy atom. The molecular formula is C15H15ClN2O3. The zero-order chi connectivity index (χ0) is 15.2. The minimum Gasteiger partial charge on any atom is -0.383 e. The molecule has 0 fully saturated rings. The van der Waals surface area contributed by atoms with Crippen LogP contribution in [0.3, 0.4) is 0 Å². The molecule has 1 aromatic carbocycles. The standard InChI is InChI=1S/C15H15ClN2O3/c1-21-9-8-17-14(19)12-6-7-13(18-15(12)20)10-2-4-11(16)5-3-10/h2-7H,8-9H2,1H3,(H,17,19)(H,18,20). The number of aromatic amines is 1. The van der Waals surface area contributed by atoms with Crippen molar-refractivity contribution in [2.45, 2.75) is 0 Å². The largest absolute Gasteiger partial charge is 0.383 e. The summed E-state index contributed by atoms with van der Waals surface area (Å²) in [6.07, 6.45) is 0. The second-order valence-corrected chi connectivity index (χ2v) is 4.81. The molecular weight excluding hydrogens is 292 g/mol. The number of benzene rings is 1. The van der Waals surface area contributed by atoms with Crippen molar-refractivity contribution in [3.8, 4) is 11.3 Å². The number of hydrogen-bond acceptors (Lipinski definition) is 3. The van der Waals surface area contributed by atoms with Crippen molar-refractivity contribution >= 4 is 17.5 Å². The summed E-state index contributed by atoms with van der Waals surface area (Å²) in [5.74, 6) is -0.420. The van der Waals surface area contributed by atoms with Crippen LogP contribution in [0.1, 0.15) is 10.4 Å². The molecule has 0 aliphatic carbocycles. The van der Waals surface area contributed by atoms with Crippen molar-refractivity contribution in [2.75, 3.05) is 20.3 Å². The van der Waals surface area contributed by atoms with Gasteiger partial charge in [0.15, 0.2) is 0 Å². The highest BCUT2D eigenvalue weighted by molar-refractivity contribution is 6.30. The molecule has 0 saturated heterocycles. The molecule has 0 spiro atoms. The molecule has 0 unspecified atom stereocenters. The molecule has 0 atom stereocenters. The van der Waals surface area contributed by atoms with Crippen LogP contribution in [0.15, 0.2) is 41.2 Å². The second kappa shape index (κ2) is 7.06. The lowest BCUT2D eigenvalue weighted by molar-refractivity contribution is 0.0935. The number of aromatic nitrogens is 1. The second-order valence-electron chi connectivity index (χ2n) is 4.37. The number of H-pyrrole nitrogens is 1. The zero-order valence-electron chi connectivity index (χ0n) is 11.5. The van der Waals surface area contributed by atoms with Gasteiger partial charge in [0.1, 0.15) is 5.56 Å². The van der Waals surface area contributed by atoms with Crippen LogP contribution in [0.25, 0.3) is 11.3 Å². The van der Waals surface area contributed by atoms with E-state index in [2.05, 4.69) is 10.3 Å².